The van der Waals surface area contributed by atoms with Gasteiger partial charge in [-0.15, -0.1) is 0 Å². The predicted molar refractivity (Wildman–Crippen MR) is 68.5 cm³/mol. The monoisotopic (exact) mass is 241 g/mol. The van der Waals surface area contributed by atoms with Gasteiger partial charge in [-0.1, -0.05) is 24.3 Å². The van der Waals surface area contributed by atoms with Crippen molar-refractivity contribution in [3.05, 3.63) is 60.4 Å². The quantitative estimate of drug-likeness (QED) is 0.749. The van der Waals surface area contributed by atoms with Gasteiger partial charge in [0.05, 0.1) is 18.3 Å². The summed E-state index contributed by atoms with van der Waals surface area (Å²) in [5.41, 5.74) is 7.88. The first kappa shape index (κ1) is 10.9. The minimum absolute atomic E-state index is 0.235. The molecule has 0 amide bonds. The van der Waals surface area contributed by atoms with E-state index in [4.69, 9.17) is 5.73 Å². The molecule has 0 bridgehead atoms. The zero-order chi connectivity index (χ0) is 12.5. The van der Waals surface area contributed by atoms with Gasteiger partial charge in [-0.05, 0) is 12.1 Å². The molecule has 0 radical (unpaired) electrons. The van der Waals surface area contributed by atoms with Crippen molar-refractivity contribution in [1.82, 2.24) is 9.38 Å². The van der Waals surface area contributed by atoms with Gasteiger partial charge >= 0.3 is 0 Å². The number of hydrogen-bond acceptors (Lipinski definition) is 2. The number of aromatic nitrogens is 2. The van der Waals surface area contributed by atoms with Crippen molar-refractivity contribution in [2.45, 2.75) is 6.54 Å². The molecule has 3 aromatic rings. The normalized spacial score (nSPS) is 11.0. The highest BCUT2D eigenvalue weighted by atomic mass is 19.1. The van der Waals surface area contributed by atoms with Crippen molar-refractivity contribution < 1.29 is 4.39 Å². The molecule has 0 saturated heterocycles. The topological polar surface area (TPSA) is 43.3 Å². The largest absolute Gasteiger partial charge is 0.324 e. The summed E-state index contributed by atoms with van der Waals surface area (Å²) in [6.07, 6.45) is 3.61. The summed E-state index contributed by atoms with van der Waals surface area (Å²) in [7, 11) is 0. The first-order chi connectivity index (χ1) is 8.81. The Bertz CT molecular complexity index is 703. The standard InChI is InChI=1S/C14H12FN3/c15-12-6-2-1-4-10(12)11-5-3-7-18-13(11)9-17-14(18)8-16/h1-7,9H,8,16H2. The Labute approximate surface area is 104 Å². The lowest BCUT2D eigenvalue weighted by molar-refractivity contribution is 0.631. The van der Waals surface area contributed by atoms with Gasteiger partial charge in [-0.2, -0.15) is 0 Å². The number of halogens is 1. The number of pyridine rings is 1. The van der Waals surface area contributed by atoms with Crippen LogP contribution in [0.4, 0.5) is 4.39 Å². The number of hydrogen-bond donors (Lipinski definition) is 1. The third kappa shape index (κ3) is 1.58. The molecule has 0 unspecified atom stereocenters. The fraction of sp³-hybridized carbons (Fsp3) is 0.0714. The van der Waals surface area contributed by atoms with Gasteiger partial charge in [0.25, 0.3) is 0 Å². The first-order valence-corrected chi connectivity index (χ1v) is 5.71. The Hall–Kier alpha value is -2.20. The van der Waals surface area contributed by atoms with E-state index in [9.17, 15) is 4.39 Å². The number of rotatable bonds is 2. The Morgan fingerprint density at radius 3 is 2.67 bits per heavy atom. The highest BCUT2D eigenvalue weighted by Crippen LogP contribution is 2.27. The third-order valence-corrected chi connectivity index (χ3v) is 2.99. The number of fused-ring (bicyclic) bond motifs is 1. The van der Waals surface area contributed by atoms with E-state index in [0.29, 0.717) is 12.1 Å². The number of nitrogens with two attached hydrogens (primary N) is 1. The van der Waals surface area contributed by atoms with Gasteiger partial charge in [-0.25, -0.2) is 9.37 Å². The van der Waals surface area contributed by atoms with Crippen LogP contribution in [-0.4, -0.2) is 9.38 Å². The van der Waals surface area contributed by atoms with Gasteiger partial charge in [0.2, 0.25) is 0 Å². The molecule has 3 nitrogen and oxygen atoms in total. The smallest absolute Gasteiger partial charge is 0.131 e. The molecule has 18 heavy (non-hydrogen) atoms. The van der Waals surface area contributed by atoms with E-state index in [2.05, 4.69) is 4.98 Å². The third-order valence-electron chi connectivity index (χ3n) is 2.99. The molecule has 2 aromatic heterocycles. The second-order valence-electron chi connectivity index (χ2n) is 4.04. The van der Waals surface area contributed by atoms with Crippen molar-refractivity contribution in [1.29, 1.82) is 0 Å². The van der Waals surface area contributed by atoms with Crippen molar-refractivity contribution in [3.63, 3.8) is 0 Å². The van der Waals surface area contributed by atoms with E-state index >= 15 is 0 Å². The maximum Gasteiger partial charge on any atom is 0.131 e. The zero-order valence-corrected chi connectivity index (χ0v) is 9.68. The van der Waals surface area contributed by atoms with Gasteiger partial charge in [0.15, 0.2) is 0 Å². The van der Waals surface area contributed by atoms with Gasteiger partial charge in [-0.3, -0.25) is 0 Å². The lowest BCUT2D eigenvalue weighted by Crippen LogP contribution is -2.02. The highest BCUT2D eigenvalue weighted by Gasteiger charge is 2.10. The molecule has 0 spiro atoms. The van der Waals surface area contributed by atoms with Crippen LogP contribution in [0.3, 0.4) is 0 Å². The molecule has 0 saturated carbocycles. The average Bonchev–Trinajstić information content (AvgIpc) is 2.82. The van der Waals surface area contributed by atoms with Crippen LogP contribution in [-0.2, 0) is 6.54 Å². The molecule has 0 atom stereocenters. The molecule has 3 rings (SSSR count). The number of nitrogens with zero attached hydrogens (tertiary/aromatic N) is 2. The van der Waals surface area contributed by atoms with Gasteiger partial charge in [0.1, 0.15) is 11.6 Å². The number of benzene rings is 1. The molecule has 0 aliphatic rings. The molecule has 0 aliphatic carbocycles. The van der Waals surface area contributed by atoms with E-state index in [1.165, 1.54) is 6.07 Å². The summed E-state index contributed by atoms with van der Waals surface area (Å²) >= 11 is 0. The van der Waals surface area contributed by atoms with Crippen LogP contribution in [0, 0.1) is 5.82 Å². The molecule has 0 fully saturated rings. The van der Waals surface area contributed by atoms with Crippen LogP contribution < -0.4 is 5.73 Å². The lowest BCUT2D eigenvalue weighted by Gasteiger charge is -2.06. The van der Waals surface area contributed by atoms with Crippen LogP contribution >= 0.6 is 0 Å². The van der Waals surface area contributed by atoms with Crippen molar-refractivity contribution >= 4 is 5.52 Å². The van der Waals surface area contributed by atoms with Gasteiger partial charge < -0.3 is 10.1 Å². The molecule has 90 valence electrons. The van der Waals surface area contributed by atoms with E-state index in [1.54, 1.807) is 18.3 Å². The minimum Gasteiger partial charge on any atom is -0.324 e. The Kier molecular flexibility index (Phi) is 2.57. The van der Waals surface area contributed by atoms with Crippen LogP contribution in [0.1, 0.15) is 5.82 Å². The maximum atomic E-state index is 13.8. The van der Waals surface area contributed by atoms with Crippen molar-refractivity contribution in [2.24, 2.45) is 5.73 Å². The minimum atomic E-state index is -0.235. The maximum absolute atomic E-state index is 13.8. The summed E-state index contributed by atoms with van der Waals surface area (Å²) in [5, 5.41) is 0. The fourth-order valence-electron chi connectivity index (χ4n) is 2.13. The van der Waals surface area contributed by atoms with E-state index in [1.807, 2.05) is 28.8 Å². The number of imidazole rings is 1. The Morgan fingerprint density at radius 2 is 1.89 bits per heavy atom. The molecular weight excluding hydrogens is 229 g/mol. The summed E-state index contributed by atoms with van der Waals surface area (Å²) < 4.78 is 15.7. The molecule has 4 heteroatoms. The highest BCUT2D eigenvalue weighted by molar-refractivity contribution is 5.80. The fourth-order valence-corrected chi connectivity index (χ4v) is 2.13. The van der Waals surface area contributed by atoms with Crippen molar-refractivity contribution in [2.75, 3.05) is 0 Å². The Balaban J connectivity index is 2.30. The summed E-state index contributed by atoms with van der Waals surface area (Å²) in [6.45, 7) is 0.356. The SMILES string of the molecule is NCc1ncc2c(-c3ccccc3F)cccn12. The van der Waals surface area contributed by atoms with Crippen LogP contribution in [0.2, 0.25) is 0 Å². The Morgan fingerprint density at radius 1 is 1.11 bits per heavy atom. The molecule has 0 aliphatic heterocycles. The van der Waals surface area contributed by atoms with Crippen LogP contribution in [0.15, 0.2) is 48.8 Å². The lowest BCUT2D eigenvalue weighted by atomic mass is 10.1. The van der Waals surface area contributed by atoms with Crippen molar-refractivity contribution in [3.8, 4) is 11.1 Å². The van der Waals surface area contributed by atoms with E-state index in [-0.39, 0.29) is 5.82 Å². The molecule has 2 heterocycles. The summed E-state index contributed by atoms with van der Waals surface area (Å²) in [6, 6.07) is 10.5. The average molecular weight is 241 g/mol. The van der Waals surface area contributed by atoms with E-state index in [0.717, 1.165) is 16.9 Å². The summed E-state index contributed by atoms with van der Waals surface area (Å²) in [5.74, 6) is 0.532. The second kappa shape index (κ2) is 4.23. The zero-order valence-electron chi connectivity index (χ0n) is 9.68. The predicted octanol–water partition coefficient (Wildman–Crippen LogP) is 2.60. The first-order valence-electron chi connectivity index (χ1n) is 5.71. The summed E-state index contributed by atoms with van der Waals surface area (Å²) in [4.78, 5) is 4.25. The van der Waals surface area contributed by atoms with E-state index < -0.39 is 0 Å². The molecular formula is C14H12FN3. The van der Waals surface area contributed by atoms with Crippen LogP contribution in [0.25, 0.3) is 16.6 Å². The molecule has 2 N–H and O–H groups in total. The second-order valence-corrected chi connectivity index (χ2v) is 4.04. The van der Waals surface area contributed by atoms with Gasteiger partial charge in [0, 0.05) is 17.3 Å². The molecule has 1 aromatic carbocycles. The van der Waals surface area contributed by atoms with Crippen LogP contribution in [0.5, 0.6) is 0 Å².